The van der Waals surface area contributed by atoms with Crippen LogP contribution < -0.4 is 5.32 Å². The van der Waals surface area contributed by atoms with Crippen LogP contribution in [0.25, 0.3) is 0 Å². The molecular weight excluding hydrogens is 560 g/mol. The molecule has 0 fully saturated rings. The van der Waals surface area contributed by atoms with Gasteiger partial charge in [0.2, 0.25) is 5.91 Å². The largest absolute Gasteiger partial charge is 0.467 e. The van der Waals surface area contributed by atoms with Gasteiger partial charge in [0.25, 0.3) is 0 Å². The van der Waals surface area contributed by atoms with E-state index in [-0.39, 0.29) is 30.2 Å². The molecule has 1 unspecified atom stereocenters. The number of nitrogens with one attached hydrogen (secondary N) is 1. The van der Waals surface area contributed by atoms with Crippen LogP contribution in [0.3, 0.4) is 0 Å². The molecule has 44 heavy (non-hydrogen) atoms. The van der Waals surface area contributed by atoms with Crippen LogP contribution in [0.4, 0.5) is 9.59 Å². The quantitative estimate of drug-likeness (QED) is 0.199. The Balaban J connectivity index is 2.20. The Morgan fingerprint density at radius 2 is 1.23 bits per heavy atom. The second-order valence-corrected chi connectivity index (χ2v) is 13.0. The normalized spacial score (nSPS) is 13.8. The van der Waals surface area contributed by atoms with Crippen molar-refractivity contribution in [2.24, 2.45) is 5.92 Å². The number of hydrogen-bond acceptors (Lipinski definition) is 7. The summed E-state index contributed by atoms with van der Waals surface area (Å²) in [6, 6.07) is 18.5. The van der Waals surface area contributed by atoms with Crippen LogP contribution >= 0.6 is 0 Å². The first-order chi connectivity index (χ1) is 20.6. The highest BCUT2D eigenvalue weighted by Crippen LogP contribution is 2.32. The molecule has 0 aromatic heterocycles. The van der Waals surface area contributed by atoms with E-state index in [0.717, 1.165) is 11.1 Å². The summed E-state index contributed by atoms with van der Waals surface area (Å²) >= 11 is 0. The van der Waals surface area contributed by atoms with Gasteiger partial charge < -0.3 is 19.5 Å². The fraction of sp³-hybridized carbons (Fsp3) is 0.543. The smallest absolute Gasteiger partial charge is 0.420 e. The fourth-order valence-corrected chi connectivity index (χ4v) is 4.95. The van der Waals surface area contributed by atoms with Gasteiger partial charge in [0.15, 0.2) is 0 Å². The van der Waals surface area contributed by atoms with Crippen molar-refractivity contribution in [1.82, 2.24) is 10.2 Å². The fourth-order valence-electron chi connectivity index (χ4n) is 4.95. The number of amides is 3. The molecule has 0 bridgehead atoms. The van der Waals surface area contributed by atoms with Crippen molar-refractivity contribution in [3.63, 3.8) is 0 Å². The molecule has 0 saturated carbocycles. The number of imide groups is 1. The number of nitrogens with zero attached hydrogens (tertiary/aromatic N) is 1. The molecule has 9 heteroatoms. The number of ether oxygens (including phenoxy) is 3. The number of benzene rings is 2. The van der Waals surface area contributed by atoms with Gasteiger partial charge in [-0.2, -0.15) is 4.90 Å². The molecule has 0 saturated heterocycles. The van der Waals surface area contributed by atoms with Crippen molar-refractivity contribution in [2.45, 2.75) is 110 Å². The van der Waals surface area contributed by atoms with E-state index in [1.165, 1.54) is 7.11 Å². The molecule has 2 aromatic rings. The Morgan fingerprint density at radius 1 is 0.773 bits per heavy atom. The zero-order valence-corrected chi connectivity index (χ0v) is 27.7. The molecule has 3 amide bonds. The van der Waals surface area contributed by atoms with E-state index >= 15 is 0 Å². The van der Waals surface area contributed by atoms with Gasteiger partial charge in [-0.1, -0.05) is 74.5 Å². The lowest BCUT2D eigenvalue weighted by atomic mass is 9.81. The minimum atomic E-state index is -1.27. The van der Waals surface area contributed by atoms with Crippen LogP contribution in [0.5, 0.6) is 0 Å². The van der Waals surface area contributed by atoms with E-state index in [2.05, 4.69) is 5.32 Å². The molecule has 0 aliphatic carbocycles. The van der Waals surface area contributed by atoms with Crippen molar-refractivity contribution < 1.29 is 33.4 Å². The second kappa shape index (κ2) is 16.3. The van der Waals surface area contributed by atoms with Crippen LogP contribution in [0.1, 0.15) is 98.1 Å². The highest BCUT2D eigenvalue weighted by atomic mass is 16.6. The molecule has 0 heterocycles. The summed E-state index contributed by atoms with van der Waals surface area (Å²) in [6.07, 6.45) is -0.307. The van der Waals surface area contributed by atoms with E-state index < -0.39 is 35.4 Å². The van der Waals surface area contributed by atoms with Gasteiger partial charge in [-0.3, -0.25) is 4.79 Å². The topological polar surface area (TPSA) is 111 Å². The maximum Gasteiger partial charge on any atom is 0.420 e. The van der Waals surface area contributed by atoms with E-state index in [0.29, 0.717) is 24.2 Å². The van der Waals surface area contributed by atoms with Gasteiger partial charge in [-0.05, 0) is 78.4 Å². The summed E-state index contributed by atoms with van der Waals surface area (Å²) in [5.74, 6) is -1.33. The number of esters is 1. The molecule has 0 aliphatic heterocycles. The summed E-state index contributed by atoms with van der Waals surface area (Å²) < 4.78 is 15.9. The molecule has 1 N–H and O–H groups in total. The third-order valence-corrected chi connectivity index (χ3v) is 7.07. The van der Waals surface area contributed by atoms with E-state index in [1.807, 2.05) is 74.5 Å². The van der Waals surface area contributed by atoms with Crippen molar-refractivity contribution >= 4 is 24.1 Å². The maximum absolute atomic E-state index is 13.6. The third kappa shape index (κ3) is 11.3. The van der Waals surface area contributed by atoms with Crippen LogP contribution in [0, 0.1) is 5.92 Å². The summed E-state index contributed by atoms with van der Waals surface area (Å²) in [5, 5.41) is 3.19. The number of hydrogen-bond donors (Lipinski definition) is 1. The lowest BCUT2D eigenvalue weighted by Crippen LogP contribution is -2.52. The van der Waals surface area contributed by atoms with Crippen LogP contribution in [-0.4, -0.2) is 59.4 Å². The zero-order valence-electron chi connectivity index (χ0n) is 27.7. The molecular formula is C35H50N2O7. The molecule has 0 aliphatic rings. The zero-order chi connectivity index (χ0) is 33.1. The van der Waals surface area contributed by atoms with Gasteiger partial charge in [-0.15, -0.1) is 0 Å². The maximum atomic E-state index is 13.6. The summed E-state index contributed by atoms with van der Waals surface area (Å²) in [6.45, 7) is 13.9. The summed E-state index contributed by atoms with van der Waals surface area (Å²) in [5.41, 5.74) is 0.284. The molecule has 2 rings (SSSR count). The SMILES string of the molecule is CCC(CCC[C@@H](C(=O)OC)N(C(=O)OC(C)(C)C)C(=O)OC(C)(C)C)NC(=O)[C@@H](C)C(c1ccccc1)c1ccccc1. The predicted octanol–water partition coefficient (Wildman–Crippen LogP) is 7.23. The van der Waals surface area contributed by atoms with Crippen molar-refractivity contribution in [2.75, 3.05) is 7.11 Å². The number of carbonyl (C=O) groups excluding carboxylic acids is 4. The minimum Gasteiger partial charge on any atom is -0.467 e. The minimum absolute atomic E-state index is 0.0804. The molecule has 0 spiro atoms. The van der Waals surface area contributed by atoms with E-state index in [9.17, 15) is 19.2 Å². The Morgan fingerprint density at radius 3 is 1.61 bits per heavy atom. The summed E-state index contributed by atoms with van der Waals surface area (Å²) in [7, 11) is 1.20. The summed E-state index contributed by atoms with van der Waals surface area (Å²) in [4.78, 5) is 53.5. The van der Waals surface area contributed by atoms with Gasteiger partial charge in [-0.25, -0.2) is 14.4 Å². The van der Waals surface area contributed by atoms with Crippen molar-refractivity contribution in [3.05, 3.63) is 71.8 Å². The van der Waals surface area contributed by atoms with Crippen LogP contribution in [-0.2, 0) is 23.8 Å². The molecule has 242 valence electrons. The van der Waals surface area contributed by atoms with Gasteiger partial charge in [0.05, 0.1) is 7.11 Å². The molecule has 9 nitrogen and oxygen atoms in total. The van der Waals surface area contributed by atoms with Crippen LogP contribution in [0.15, 0.2) is 60.7 Å². The average Bonchev–Trinajstić information content (AvgIpc) is 2.94. The Kier molecular flexibility index (Phi) is 13.4. The highest BCUT2D eigenvalue weighted by Gasteiger charge is 2.40. The standard InChI is InChI=1S/C35H50N2O7/c1-10-27(36-30(38)24(2)29(25-18-13-11-14-19-25)26-20-15-12-16-21-26)22-17-23-28(31(39)42-9)37(32(40)43-34(3,4)5)33(41)44-35(6,7)8/h11-16,18-21,24,27-29H,10,17,22-23H2,1-9H3,(H,36,38)/t24-,27?,28-/m0/s1. The first-order valence-corrected chi connectivity index (χ1v) is 15.3. The third-order valence-electron chi connectivity index (χ3n) is 7.07. The molecule has 2 aromatic carbocycles. The average molecular weight is 611 g/mol. The first kappa shape index (κ1) is 36.3. The number of methoxy groups -OCH3 is 1. The predicted molar refractivity (Wildman–Crippen MR) is 170 cm³/mol. The second-order valence-electron chi connectivity index (χ2n) is 13.0. The monoisotopic (exact) mass is 610 g/mol. The van der Waals surface area contributed by atoms with E-state index in [1.54, 1.807) is 41.5 Å². The highest BCUT2D eigenvalue weighted by molar-refractivity contribution is 5.94. The van der Waals surface area contributed by atoms with Crippen molar-refractivity contribution in [3.8, 4) is 0 Å². The lowest BCUT2D eigenvalue weighted by molar-refractivity contribution is -0.147. The van der Waals surface area contributed by atoms with Gasteiger partial charge in [0, 0.05) is 17.9 Å². The Hall–Kier alpha value is -3.88. The molecule has 0 radical (unpaired) electrons. The Labute approximate surface area is 262 Å². The van der Waals surface area contributed by atoms with E-state index in [4.69, 9.17) is 14.2 Å². The number of carbonyl (C=O) groups is 4. The van der Waals surface area contributed by atoms with Gasteiger partial charge >= 0.3 is 18.2 Å². The Bertz CT molecular complexity index is 1150. The lowest BCUT2D eigenvalue weighted by Gasteiger charge is -2.32. The molecule has 3 atom stereocenters. The van der Waals surface area contributed by atoms with Crippen molar-refractivity contribution in [1.29, 1.82) is 0 Å². The van der Waals surface area contributed by atoms with Crippen LogP contribution in [0.2, 0.25) is 0 Å². The van der Waals surface area contributed by atoms with Gasteiger partial charge in [0.1, 0.15) is 17.2 Å². The number of rotatable bonds is 12. The first-order valence-electron chi connectivity index (χ1n) is 15.3.